The predicted octanol–water partition coefficient (Wildman–Crippen LogP) is 3.61. The summed E-state index contributed by atoms with van der Waals surface area (Å²) < 4.78 is 0. The minimum Gasteiger partial charge on any atom is -0.316 e. The summed E-state index contributed by atoms with van der Waals surface area (Å²) in [6, 6.07) is 15.9. The number of likely N-dealkylation sites (N-methyl/N-ethyl adjacent to an activating group) is 1. The smallest absolute Gasteiger partial charge is 0.0209 e. The van der Waals surface area contributed by atoms with Crippen LogP contribution in [0.5, 0.6) is 0 Å². The molecule has 2 heteroatoms. The van der Waals surface area contributed by atoms with E-state index >= 15 is 0 Å². The number of nitrogens with one attached hydrogen (secondary N) is 1. The molecule has 94 valence electrons. The van der Waals surface area contributed by atoms with E-state index in [1.807, 2.05) is 11.3 Å². The minimum atomic E-state index is 0.375. The fourth-order valence-corrected chi connectivity index (χ4v) is 3.70. The molecule has 1 aromatic carbocycles. The number of thiophene rings is 1. The van der Waals surface area contributed by atoms with Crippen molar-refractivity contribution >= 4 is 11.3 Å². The molecule has 1 aliphatic carbocycles. The van der Waals surface area contributed by atoms with Crippen molar-refractivity contribution in [2.24, 2.45) is 0 Å². The molecule has 0 saturated heterocycles. The summed E-state index contributed by atoms with van der Waals surface area (Å²) in [6.45, 7) is 0. The average Bonchev–Trinajstić information content (AvgIpc) is 3.07. The van der Waals surface area contributed by atoms with Gasteiger partial charge in [-0.3, -0.25) is 0 Å². The Balaban J connectivity index is 1.83. The molecule has 2 aromatic rings. The molecule has 1 aliphatic rings. The summed E-state index contributed by atoms with van der Waals surface area (Å²) in [5.41, 5.74) is 1.88. The number of hydrogen-bond acceptors (Lipinski definition) is 2. The third-order valence-electron chi connectivity index (χ3n) is 4.14. The van der Waals surface area contributed by atoms with Gasteiger partial charge in [0.25, 0.3) is 0 Å². The van der Waals surface area contributed by atoms with Gasteiger partial charge in [0.2, 0.25) is 0 Å². The van der Waals surface area contributed by atoms with Crippen LogP contribution in [-0.2, 0) is 11.8 Å². The van der Waals surface area contributed by atoms with Gasteiger partial charge in [-0.2, -0.15) is 0 Å². The van der Waals surface area contributed by atoms with Gasteiger partial charge in [-0.05, 0) is 43.3 Å². The first-order chi connectivity index (χ1) is 8.85. The Labute approximate surface area is 113 Å². The average molecular weight is 257 g/mol. The van der Waals surface area contributed by atoms with E-state index in [9.17, 15) is 0 Å². The van der Waals surface area contributed by atoms with Crippen LogP contribution in [0.15, 0.2) is 47.8 Å². The Hall–Kier alpha value is -1.12. The fraction of sp³-hybridized carbons (Fsp3) is 0.375. The van der Waals surface area contributed by atoms with Gasteiger partial charge in [-0.15, -0.1) is 11.3 Å². The highest BCUT2D eigenvalue weighted by Gasteiger charge is 2.49. The topological polar surface area (TPSA) is 12.0 Å². The Kier molecular flexibility index (Phi) is 3.23. The molecule has 0 aliphatic heterocycles. The molecule has 1 fully saturated rings. The van der Waals surface area contributed by atoms with E-state index in [2.05, 4.69) is 60.2 Å². The van der Waals surface area contributed by atoms with Crippen LogP contribution in [0.3, 0.4) is 0 Å². The molecule has 1 unspecified atom stereocenters. The number of hydrogen-bond donors (Lipinski definition) is 1. The van der Waals surface area contributed by atoms with Crippen LogP contribution in [-0.4, -0.2) is 13.1 Å². The first-order valence-corrected chi connectivity index (χ1v) is 7.48. The van der Waals surface area contributed by atoms with Crippen molar-refractivity contribution in [3.05, 3.63) is 58.3 Å². The van der Waals surface area contributed by atoms with E-state index in [0.717, 1.165) is 6.42 Å². The second kappa shape index (κ2) is 4.87. The van der Waals surface area contributed by atoms with Crippen LogP contribution in [0, 0.1) is 0 Å². The zero-order chi connectivity index (χ0) is 12.4. The van der Waals surface area contributed by atoms with E-state index in [1.165, 1.54) is 23.3 Å². The van der Waals surface area contributed by atoms with Crippen molar-refractivity contribution in [1.82, 2.24) is 5.32 Å². The van der Waals surface area contributed by atoms with Gasteiger partial charge in [-0.1, -0.05) is 36.4 Å². The maximum absolute atomic E-state index is 3.55. The Morgan fingerprint density at radius 3 is 2.50 bits per heavy atom. The van der Waals surface area contributed by atoms with Crippen molar-refractivity contribution in [3.8, 4) is 0 Å². The van der Waals surface area contributed by atoms with Crippen molar-refractivity contribution in [3.63, 3.8) is 0 Å². The van der Waals surface area contributed by atoms with E-state index < -0.39 is 0 Å². The molecule has 0 amide bonds. The molecule has 1 saturated carbocycles. The molecule has 3 rings (SSSR count). The summed E-state index contributed by atoms with van der Waals surface area (Å²) in [5.74, 6) is 0. The number of rotatable bonds is 5. The maximum Gasteiger partial charge on any atom is 0.0209 e. The summed E-state index contributed by atoms with van der Waals surface area (Å²) in [6.07, 6.45) is 3.77. The first-order valence-electron chi connectivity index (χ1n) is 6.60. The monoisotopic (exact) mass is 257 g/mol. The highest BCUT2D eigenvalue weighted by Crippen LogP contribution is 2.51. The second-order valence-corrected chi connectivity index (χ2v) is 6.18. The minimum absolute atomic E-state index is 0.375. The Morgan fingerprint density at radius 1 is 1.17 bits per heavy atom. The fourth-order valence-electron chi connectivity index (χ4n) is 2.95. The van der Waals surface area contributed by atoms with Crippen LogP contribution in [0.25, 0.3) is 0 Å². The third-order valence-corrected chi connectivity index (χ3v) is 5.04. The van der Waals surface area contributed by atoms with Crippen LogP contribution in [0.1, 0.15) is 23.3 Å². The quantitative estimate of drug-likeness (QED) is 0.863. The third kappa shape index (κ3) is 2.11. The lowest BCUT2D eigenvalue weighted by molar-refractivity contribution is 0.445. The van der Waals surface area contributed by atoms with Gasteiger partial charge >= 0.3 is 0 Å². The van der Waals surface area contributed by atoms with Gasteiger partial charge in [0.15, 0.2) is 0 Å². The van der Waals surface area contributed by atoms with Crippen LogP contribution in [0.4, 0.5) is 0 Å². The van der Waals surface area contributed by atoms with Gasteiger partial charge < -0.3 is 5.32 Å². The molecule has 1 aromatic heterocycles. The lowest BCUT2D eigenvalue weighted by atomic mass is 9.86. The molecule has 1 heterocycles. The molecule has 1 nitrogen and oxygen atoms in total. The van der Waals surface area contributed by atoms with Crippen molar-refractivity contribution in [1.29, 1.82) is 0 Å². The summed E-state index contributed by atoms with van der Waals surface area (Å²) in [4.78, 5) is 1.48. The predicted molar refractivity (Wildman–Crippen MR) is 78.2 cm³/mol. The van der Waals surface area contributed by atoms with Gasteiger partial charge in [-0.25, -0.2) is 0 Å². The molecule has 1 atom stereocenters. The highest BCUT2D eigenvalue weighted by molar-refractivity contribution is 7.09. The lowest BCUT2D eigenvalue weighted by Crippen LogP contribution is -2.39. The zero-order valence-electron chi connectivity index (χ0n) is 10.7. The van der Waals surface area contributed by atoms with E-state index in [0.29, 0.717) is 11.5 Å². The zero-order valence-corrected chi connectivity index (χ0v) is 11.5. The summed E-state index contributed by atoms with van der Waals surface area (Å²) in [7, 11) is 2.10. The van der Waals surface area contributed by atoms with Crippen LogP contribution < -0.4 is 5.32 Å². The molecule has 1 N–H and O–H groups in total. The molecular formula is C16H19NS. The highest BCUT2D eigenvalue weighted by atomic mass is 32.1. The van der Waals surface area contributed by atoms with E-state index in [1.54, 1.807) is 0 Å². The van der Waals surface area contributed by atoms with Crippen LogP contribution in [0.2, 0.25) is 0 Å². The van der Waals surface area contributed by atoms with Crippen LogP contribution >= 0.6 is 11.3 Å². The van der Waals surface area contributed by atoms with Crippen molar-refractivity contribution < 1.29 is 0 Å². The largest absolute Gasteiger partial charge is 0.316 e. The Bertz CT molecular complexity index is 485. The first kappa shape index (κ1) is 11.9. The standard InChI is InChI=1S/C16H19NS/c1-17-15(12-14-8-5-11-18-14)16(9-10-16)13-6-3-2-4-7-13/h2-8,11,15,17H,9-10,12H2,1H3. The van der Waals surface area contributed by atoms with Gasteiger partial charge in [0, 0.05) is 16.3 Å². The molecule has 0 bridgehead atoms. The van der Waals surface area contributed by atoms with Gasteiger partial charge in [0.1, 0.15) is 0 Å². The van der Waals surface area contributed by atoms with Gasteiger partial charge in [0.05, 0.1) is 0 Å². The lowest BCUT2D eigenvalue weighted by Gasteiger charge is -2.27. The second-order valence-electron chi connectivity index (χ2n) is 5.15. The molecule has 0 spiro atoms. The molecule has 18 heavy (non-hydrogen) atoms. The SMILES string of the molecule is CNC(Cc1cccs1)C1(c2ccccc2)CC1. The van der Waals surface area contributed by atoms with Crippen molar-refractivity contribution in [2.75, 3.05) is 7.05 Å². The van der Waals surface area contributed by atoms with E-state index in [-0.39, 0.29) is 0 Å². The number of benzene rings is 1. The normalized spacial score (nSPS) is 18.5. The van der Waals surface area contributed by atoms with Crippen molar-refractivity contribution in [2.45, 2.75) is 30.7 Å². The maximum atomic E-state index is 3.55. The van der Waals surface area contributed by atoms with E-state index in [4.69, 9.17) is 0 Å². The Morgan fingerprint density at radius 2 is 1.94 bits per heavy atom. The molecule has 0 radical (unpaired) electrons. The summed E-state index contributed by atoms with van der Waals surface area (Å²) >= 11 is 1.87. The summed E-state index contributed by atoms with van der Waals surface area (Å²) in [5, 5.41) is 5.72. The molecular weight excluding hydrogens is 238 g/mol.